The molecule has 1 spiro atoms. The van der Waals surface area contributed by atoms with E-state index >= 15 is 0 Å². The van der Waals surface area contributed by atoms with Gasteiger partial charge in [-0.15, -0.1) is 0 Å². The smallest absolute Gasteiger partial charge is 0.375 e. The van der Waals surface area contributed by atoms with Gasteiger partial charge >= 0.3 is 11.9 Å². The first-order valence-electron chi connectivity index (χ1n) is 9.94. The largest absolute Gasteiger partial charge is 0.446 e. The van der Waals surface area contributed by atoms with E-state index in [4.69, 9.17) is 14.2 Å². The molecule has 0 unspecified atom stereocenters. The Morgan fingerprint density at radius 2 is 2.00 bits per heavy atom. The Bertz CT molecular complexity index is 722. The molecule has 4 aliphatic carbocycles. The standard InChI is InChI=1S/C21H28O6/c1-11-15-7-13(20(15,3)4)8-16(11)26-18-9-14(23)5-6-21(18)10-17(19(24)27-21)25-12(2)22/h10-11,13,15-16,18H,5-9H2,1-4H3/t11-,13+,15-,16-,18+,21+/m0/s1. The van der Waals surface area contributed by atoms with Gasteiger partial charge < -0.3 is 14.2 Å². The molecular formula is C21H28O6. The molecule has 4 fully saturated rings. The van der Waals surface area contributed by atoms with Gasteiger partial charge in [0.15, 0.2) is 5.60 Å². The van der Waals surface area contributed by atoms with E-state index in [-0.39, 0.29) is 24.1 Å². The molecule has 0 saturated heterocycles. The number of hydrogen-bond acceptors (Lipinski definition) is 6. The predicted octanol–water partition coefficient (Wildman–Crippen LogP) is 2.94. The highest BCUT2D eigenvalue weighted by molar-refractivity contribution is 5.92. The maximum Gasteiger partial charge on any atom is 0.375 e. The van der Waals surface area contributed by atoms with E-state index in [0.29, 0.717) is 36.0 Å². The second-order valence-corrected chi connectivity index (χ2v) is 9.31. The minimum absolute atomic E-state index is 0.0550. The number of Topliss-reactive ketones (excluding diaryl/α,β-unsaturated/α-hetero) is 1. The highest BCUT2D eigenvalue weighted by atomic mass is 16.6. The number of carbonyl (C=O) groups excluding carboxylic acids is 3. The van der Waals surface area contributed by atoms with Crippen molar-refractivity contribution in [3.63, 3.8) is 0 Å². The summed E-state index contributed by atoms with van der Waals surface area (Å²) in [7, 11) is 0. The summed E-state index contributed by atoms with van der Waals surface area (Å²) in [6.07, 6.45) is 4.23. The molecule has 6 atom stereocenters. The fourth-order valence-electron chi connectivity index (χ4n) is 5.67. The van der Waals surface area contributed by atoms with Crippen LogP contribution < -0.4 is 0 Å². The summed E-state index contributed by atoms with van der Waals surface area (Å²) in [6.45, 7) is 8.13. The minimum Gasteiger partial charge on any atom is -0.446 e. The van der Waals surface area contributed by atoms with Crippen molar-refractivity contribution < 1.29 is 28.6 Å². The molecule has 1 heterocycles. The predicted molar refractivity (Wildman–Crippen MR) is 95.4 cm³/mol. The molecule has 0 radical (unpaired) electrons. The van der Waals surface area contributed by atoms with Crippen molar-refractivity contribution in [3.05, 3.63) is 11.8 Å². The third kappa shape index (κ3) is 2.93. The number of rotatable bonds is 3. The molecule has 148 valence electrons. The van der Waals surface area contributed by atoms with E-state index in [9.17, 15) is 14.4 Å². The number of esters is 2. The van der Waals surface area contributed by atoms with Gasteiger partial charge in [0.05, 0.1) is 6.10 Å². The fraction of sp³-hybridized carbons (Fsp3) is 0.762. The Morgan fingerprint density at radius 3 is 2.63 bits per heavy atom. The molecule has 5 aliphatic rings. The first-order valence-corrected chi connectivity index (χ1v) is 9.94. The summed E-state index contributed by atoms with van der Waals surface area (Å²) >= 11 is 0. The van der Waals surface area contributed by atoms with Gasteiger partial charge in [0, 0.05) is 32.3 Å². The monoisotopic (exact) mass is 376 g/mol. The molecule has 5 rings (SSSR count). The van der Waals surface area contributed by atoms with Crippen LogP contribution in [0.2, 0.25) is 0 Å². The van der Waals surface area contributed by atoms with Crippen molar-refractivity contribution in [1.29, 1.82) is 0 Å². The minimum atomic E-state index is -1.01. The van der Waals surface area contributed by atoms with Gasteiger partial charge in [-0.1, -0.05) is 20.8 Å². The van der Waals surface area contributed by atoms with Gasteiger partial charge in [-0.05, 0) is 36.0 Å². The second kappa shape index (κ2) is 6.16. The number of ether oxygens (including phenoxy) is 3. The third-order valence-electron chi connectivity index (χ3n) is 7.49. The number of fused-ring (bicyclic) bond motifs is 2. The van der Waals surface area contributed by atoms with Crippen LogP contribution in [0.25, 0.3) is 0 Å². The van der Waals surface area contributed by atoms with Crippen LogP contribution in [0.5, 0.6) is 0 Å². The average molecular weight is 376 g/mol. The lowest BCUT2D eigenvalue weighted by Crippen LogP contribution is -2.59. The lowest BCUT2D eigenvalue weighted by molar-refractivity contribution is -0.217. The second-order valence-electron chi connectivity index (χ2n) is 9.31. The van der Waals surface area contributed by atoms with E-state index < -0.39 is 23.6 Å². The molecule has 0 aromatic rings. The first kappa shape index (κ1) is 18.7. The molecule has 2 bridgehead atoms. The van der Waals surface area contributed by atoms with Crippen LogP contribution in [0, 0.1) is 23.2 Å². The summed E-state index contributed by atoms with van der Waals surface area (Å²) in [5.74, 6) is 0.452. The van der Waals surface area contributed by atoms with E-state index in [0.717, 1.165) is 6.42 Å². The van der Waals surface area contributed by atoms with Crippen molar-refractivity contribution >= 4 is 17.7 Å². The molecule has 6 nitrogen and oxygen atoms in total. The highest BCUT2D eigenvalue weighted by Gasteiger charge is 2.59. The van der Waals surface area contributed by atoms with E-state index in [1.165, 1.54) is 13.3 Å². The molecule has 0 aromatic heterocycles. The normalized spacial score (nSPS) is 42.4. The summed E-state index contributed by atoms with van der Waals surface area (Å²) in [4.78, 5) is 35.6. The fourth-order valence-corrected chi connectivity index (χ4v) is 5.67. The summed E-state index contributed by atoms with van der Waals surface area (Å²) < 4.78 is 17.1. The number of hydrogen-bond donors (Lipinski definition) is 0. The van der Waals surface area contributed by atoms with Crippen LogP contribution in [0.4, 0.5) is 0 Å². The van der Waals surface area contributed by atoms with Crippen LogP contribution in [-0.4, -0.2) is 35.5 Å². The lowest BCUT2D eigenvalue weighted by Gasteiger charge is -2.62. The Hall–Kier alpha value is -1.69. The van der Waals surface area contributed by atoms with Gasteiger partial charge in [0.25, 0.3) is 0 Å². The number of ketones is 1. The number of carbonyl (C=O) groups is 3. The Labute approximate surface area is 159 Å². The molecule has 0 aromatic carbocycles. The molecule has 0 N–H and O–H groups in total. The van der Waals surface area contributed by atoms with E-state index in [2.05, 4.69) is 20.8 Å². The highest BCUT2D eigenvalue weighted by Crippen LogP contribution is 2.62. The van der Waals surface area contributed by atoms with Gasteiger partial charge in [-0.2, -0.15) is 0 Å². The maximum absolute atomic E-state index is 12.2. The van der Waals surface area contributed by atoms with Crippen LogP contribution in [0.15, 0.2) is 11.8 Å². The zero-order chi connectivity index (χ0) is 19.6. The lowest BCUT2D eigenvalue weighted by atomic mass is 9.45. The third-order valence-corrected chi connectivity index (χ3v) is 7.49. The van der Waals surface area contributed by atoms with Gasteiger partial charge in [0.2, 0.25) is 5.76 Å². The summed E-state index contributed by atoms with van der Waals surface area (Å²) in [5, 5.41) is 0. The molecule has 6 heteroatoms. The molecule has 1 aliphatic heterocycles. The Morgan fingerprint density at radius 1 is 1.26 bits per heavy atom. The van der Waals surface area contributed by atoms with Crippen LogP contribution in [0.1, 0.15) is 59.8 Å². The van der Waals surface area contributed by atoms with Crippen molar-refractivity contribution in [2.24, 2.45) is 23.2 Å². The van der Waals surface area contributed by atoms with Gasteiger partial charge in [-0.25, -0.2) is 4.79 Å². The molecular weight excluding hydrogens is 348 g/mol. The Kier molecular flexibility index (Phi) is 4.26. The van der Waals surface area contributed by atoms with Crippen molar-refractivity contribution in [2.75, 3.05) is 0 Å². The van der Waals surface area contributed by atoms with Gasteiger partial charge in [0.1, 0.15) is 11.9 Å². The average Bonchev–Trinajstić information content (AvgIpc) is 2.88. The summed E-state index contributed by atoms with van der Waals surface area (Å²) in [6, 6.07) is 0. The van der Waals surface area contributed by atoms with Crippen LogP contribution >= 0.6 is 0 Å². The molecule has 0 amide bonds. The summed E-state index contributed by atoms with van der Waals surface area (Å²) in [5.41, 5.74) is -0.659. The van der Waals surface area contributed by atoms with Crippen molar-refractivity contribution in [2.45, 2.75) is 77.6 Å². The molecule has 4 saturated carbocycles. The van der Waals surface area contributed by atoms with Gasteiger partial charge in [-0.3, -0.25) is 9.59 Å². The van der Waals surface area contributed by atoms with E-state index in [1.807, 2.05) is 0 Å². The molecule has 27 heavy (non-hydrogen) atoms. The zero-order valence-electron chi connectivity index (χ0n) is 16.4. The topological polar surface area (TPSA) is 78.9 Å². The zero-order valence-corrected chi connectivity index (χ0v) is 16.4. The maximum atomic E-state index is 12.2. The SMILES string of the molecule is CC(=O)OC1=C[C@@]2(CCC(=O)C[C@H]2O[C@H]2C[C@H]3C[C@@H]([C@@H]2C)C3(C)C)OC1=O. The first-order chi connectivity index (χ1) is 12.6. The van der Waals surface area contributed by atoms with E-state index in [1.54, 1.807) is 6.08 Å². The van der Waals surface area contributed by atoms with Crippen LogP contribution in [-0.2, 0) is 28.6 Å². The Balaban J connectivity index is 1.55. The van der Waals surface area contributed by atoms with Crippen molar-refractivity contribution in [1.82, 2.24) is 0 Å². The van der Waals surface area contributed by atoms with Crippen LogP contribution in [0.3, 0.4) is 0 Å². The van der Waals surface area contributed by atoms with Crippen molar-refractivity contribution in [3.8, 4) is 0 Å². The quantitative estimate of drug-likeness (QED) is 0.705.